The van der Waals surface area contributed by atoms with E-state index in [1.165, 1.54) is 0 Å². The van der Waals surface area contributed by atoms with Gasteiger partial charge >= 0.3 is 0 Å². The van der Waals surface area contributed by atoms with Crippen molar-refractivity contribution in [3.63, 3.8) is 0 Å². The summed E-state index contributed by atoms with van der Waals surface area (Å²) in [7, 11) is -3.54. The smallest absolute Gasteiger partial charge is 0.244 e. The number of aliphatic hydroxyl groups is 1. The lowest BCUT2D eigenvalue weighted by Gasteiger charge is -2.10. The highest BCUT2D eigenvalue weighted by Crippen LogP contribution is 2.16. The molecule has 1 atom stereocenters. The molecule has 1 unspecified atom stereocenters. The molecule has 1 heterocycles. The van der Waals surface area contributed by atoms with Gasteiger partial charge in [-0.15, -0.1) is 0 Å². The zero-order valence-electron chi connectivity index (χ0n) is 9.61. The zero-order valence-corrected chi connectivity index (χ0v) is 10.4. The molecule has 1 aromatic heterocycles. The lowest BCUT2D eigenvalue weighted by atomic mass is 10.2. The fourth-order valence-corrected chi connectivity index (χ4v) is 2.86. The Bertz CT molecular complexity index is 433. The lowest BCUT2D eigenvalue weighted by Crippen LogP contribution is -2.30. The maximum atomic E-state index is 11.9. The molecule has 1 aromatic rings. The number of H-pyrrole nitrogens is 1. The molecule has 0 spiro atoms. The lowest BCUT2D eigenvalue weighted by molar-refractivity contribution is 0.238. The van der Waals surface area contributed by atoms with Crippen LogP contribution in [0.4, 0.5) is 0 Å². The number of rotatable bonds is 5. The molecule has 92 valence electrons. The van der Waals surface area contributed by atoms with E-state index in [0.717, 1.165) is 0 Å². The average molecular weight is 247 g/mol. The number of aromatic amines is 1. The predicted octanol–water partition coefficient (Wildman–Crippen LogP) is -0.0668. The van der Waals surface area contributed by atoms with E-state index >= 15 is 0 Å². The molecule has 0 fully saturated rings. The normalized spacial score (nSPS) is 14.0. The highest BCUT2D eigenvalue weighted by molar-refractivity contribution is 7.89. The van der Waals surface area contributed by atoms with Gasteiger partial charge in [0.25, 0.3) is 0 Å². The highest BCUT2D eigenvalue weighted by atomic mass is 32.2. The van der Waals surface area contributed by atoms with E-state index in [4.69, 9.17) is 5.11 Å². The number of hydrogen-bond acceptors (Lipinski definition) is 4. The van der Waals surface area contributed by atoms with Gasteiger partial charge in [-0.3, -0.25) is 5.10 Å². The maximum Gasteiger partial charge on any atom is 0.244 e. The first kappa shape index (κ1) is 13.1. The van der Waals surface area contributed by atoms with Crippen LogP contribution in [0.3, 0.4) is 0 Å². The van der Waals surface area contributed by atoms with Crippen LogP contribution < -0.4 is 4.72 Å². The SMILES string of the molecule is Cc1n[nH]c(C)c1S(=O)(=O)NCC(C)CO. The molecule has 0 amide bonds. The first-order chi connectivity index (χ1) is 7.38. The summed E-state index contributed by atoms with van der Waals surface area (Å²) in [4.78, 5) is 0.192. The van der Waals surface area contributed by atoms with Crippen molar-refractivity contribution < 1.29 is 13.5 Å². The van der Waals surface area contributed by atoms with E-state index in [1.807, 2.05) is 0 Å². The topological polar surface area (TPSA) is 95.1 Å². The van der Waals surface area contributed by atoms with Crippen molar-refractivity contribution in [2.75, 3.05) is 13.2 Å². The van der Waals surface area contributed by atoms with Crippen molar-refractivity contribution >= 4 is 10.0 Å². The second-order valence-corrected chi connectivity index (χ2v) is 5.61. The Morgan fingerprint density at radius 2 is 2.12 bits per heavy atom. The Labute approximate surface area is 95.1 Å². The highest BCUT2D eigenvalue weighted by Gasteiger charge is 2.22. The van der Waals surface area contributed by atoms with Crippen LogP contribution in [0.15, 0.2) is 4.90 Å². The molecule has 3 N–H and O–H groups in total. The maximum absolute atomic E-state index is 11.9. The van der Waals surface area contributed by atoms with Crippen molar-refractivity contribution in [1.29, 1.82) is 0 Å². The van der Waals surface area contributed by atoms with Crippen LogP contribution in [0.2, 0.25) is 0 Å². The molecular weight excluding hydrogens is 230 g/mol. The third kappa shape index (κ3) is 2.81. The van der Waals surface area contributed by atoms with Crippen LogP contribution in [0, 0.1) is 19.8 Å². The van der Waals surface area contributed by atoms with Gasteiger partial charge in [0.2, 0.25) is 10.0 Å². The summed E-state index contributed by atoms with van der Waals surface area (Å²) in [5.41, 5.74) is 0.961. The van der Waals surface area contributed by atoms with Gasteiger partial charge in [-0.05, 0) is 19.8 Å². The van der Waals surface area contributed by atoms with Gasteiger partial charge in [0, 0.05) is 13.2 Å². The van der Waals surface area contributed by atoms with E-state index in [0.29, 0.717) is 11.4 Å². The summed E-state index contributed by atoms with van der Waals surface area (Å²) in [5.74, 6) is -0.109. The molecule has 7 heteroatoms. The van der Waals surface area contributed by atoms with Gasteiger partial charge in [0.1, 0.15) is 4.90 Å². The molecule has 0 aliphatic rings. The molecule has 0 bridgehead atoms. The van der Waals surface area contributed by atoms with E-state index in [2.05, 4.69) is 14.9 Å². The third-order valence-corrected chi connectivity index (χ3v) is 3.95. The zero-order chi connectivity index (χ0) is 12.3. The van der Waals surface area contributed by atoms with E-state index in [-0.39, 0.29) is 24.0 Å². The molecule has 0 radical (unpaired) electrons. The summed E-state index contributed by atoms with van der Waals surface area (Å²) in [6, 6.07) is 0. The Kier molecular flexibility index (Phi) is 4.06. The Morgan fingerprint density at radius 3 is 2.56 bits per heavy atom. The van der Waals surface area contributed by atoms with Crippen LogP contribution >= 0.6 is 0 Å². The van der Waals surface area contributed by atoms with Crippen LogP contribution in [-0.2, 0) is 10.0 Å². The van der Waals surface area contributed by atoms with Gasteiger partial charge in [-0.25, -0.2) is 13.1 Å². The average Bonchev–Trinajstić information content (AvgIpc) is 2.55. The van der Waals surface area contributed by atoms with E-state index in [1.54, 1.807) is 20.8 Å². The van der Waals surface area contributed by atoms with Gasteiger partial charge in [-0.1, -0.05) is 6.92 Å². The number of nitrogens with one attached hydrogen (secondary N) is 2. The van der Waals surface area contributed by atoms with Crippen LogP contribution in [-0.4, -0.2) is 36.9 Å². The Balaban J connectivity index is 2.87. The molecule has 1 rings (SSSR count). The summed E-state index contributed by atoms with van der Waals surface area (Å²) in [6.45, 7) is 5.21. The number of sulfonamides is 1. The van der Waals surface area contributed by atoms with Gasteiger partial charge in [0.15, 0.2) is 0 Å². The van der Waals surface area contributed by atoms with Crippen molar-refractivity contribution in [3.8, 4) is 0 Å². The molecule has 6 nitrogen and oxygen atoms in total. The largest absolute Gasteiger partial charge is 0.396 e. The van der Waals surface area contributed by atoms with Crippen LogP contribution in [0.1, 0.15) is 18.3 Å². The minimum Gasteiger partial charge on any atom is -0.396 e. The van der Waals surface area contributed by atoms with Gasteiger partial charge in [0.05, 0.1) is 11.4 Å². The van der Waals surface area contributed by atoms with E-state index < -0.39 is 10.0 Å². The summed E-state index contributed by atoms with van der Waals surface area (Å²) >= 11 is 0. The molecule has 0 aliphatic heterocycles. The van der Waals surface area contributed by atoms with Crippen molar-refractivity contribution in [2.45, 2.75) is 25.7 Å². The summed E-state index contributed by atoms with van der Waals surface area (Å²) in [5, 5.41) is 15.3. The van der Waals surface area contributed by atoms with E-state index in [9.17, 15) is 8.42 Å². The summed E-state index contributed by atoms with van der Waals surface area (Å²) < 4.78 is 26.3. The van der Waals surface area contributed by atoms with Crippen LogP contribution in [0.25, 0.3) is 0 Å². The predicted molar refractivity (Wildman–Crippen MR) is 59.5 cm³/mol. The molecule has 0 saturated heterocycles. The molecule has 0 aliphatic carbocycles. The molecule has 0 saturated carbocycles. The fourth-order valence-electron chi connectivity index (χ4n) is 1.33. The molecule has 16 heavy (non-hydrogen) atoms. The first-order valence-electron chi connectivity index (χ1n) is 5.00. The quantitative estimate of drug-likeness (QED) is 0.679. The Morgan fingerprint density at radius 1 is 1.50 bits per heavy atom. The first-order valence-corrected chi connectivity index (χ1v) is 6.49. The number of hydrogen-bond donors (Lipinski definition) is 3. The van der Waals surface area contributed by atoms with Gasteiger partial charge in [-0.2, -0.15) is 5.10 Å². The molecule has 0 aromatic carbocycles. The van der Waals surface area contributed by atoms with Crippen molar-refractivity contribution in [1.82, 2.24) is 14.9 Å². The number of aliphatic hydroxyl groups excluding tert-OH is 1. The standard InChI is InChI=1S/C9H17N3O3S/c1-6(5-13)4-10-16(14,15)9-7(2)11-12-8(9)3/h6,10,13H,4-5H2,1-3H3,(H,11,12). The number of aryl methyl sites for hydroxylation is 2. The third-order valence-electron chi connectivity index (χ3n) is 2.26. The Hall–Kier alpha value is -0.920. The number of aromatic nitrogens is 2. The van der Waals surface area contributed by atoms with Crippen molar-refractivity contribution in [2.24, 2.45) is 5.92 Å². The van der Waals surface area contributed by atoms with Crippen LogP contribution in [0.5, 0.6) is 0 Å². The second kappa shape index (κ2) is 4.94. The summed E-state index contributed by atoms with van der Waals surface area (Å²) in [6.07, 6.45) is 0. The number of nitrogens with zero attached hydrogens (tertiary/aromatic N) is 1. The minimum atomic E-state index is -3.54. The fraction of sp³-hybridized carbons (Fsp3) is 0.667. The second-order valence-electron chi connectivity index (χ2n) is 3.90. The van der Waals surface area contributed by atoms with Gasteiger partial charge < -0.3 is 5.11 Å². The monoisotopic (exact) mass is 247 g/mol. The van der Waals surface area contributed by atoms with Crippen molar-refractivity contribution in [3.05, 3.63) is 11.4 Å². The minimum absolute atomic E-state index is 0.0497. The molecular formula is C9H17N3O3S.